The number of benzene rings is 4. The largest absolute Gasteiger partial charge is 0.452 e. The molecular formula is C35H27BrN2O5. The molecule has 0 aromatic heterocycles. The van der Waals surface area contributed by atoms with E-state index in [1.54, 1.807) is 18.2 Å². The van der Waals surface area contributed by atoms with Crippen LogP contribution in [0, 0.1) is 11.8 Å². The molecular weight excluding hydrogens is 608 g/mol. The highest BCUT2D eigenvalue weighted by Crippen LogP contribution is 2.61. The molecule has 1 fully saturated rings. The molecule has 1 saturated heterocycles. The van der Waals surface area contributed by atoms with Crippen LogP contribution in [0.5, 0.6) is 0 Å². The Labute approximate surface area is 257 Å². The first-order chi connectivity index (χ1) is 20.9. The van der Waals surface area contributed by atoms with E-state index in [0.29, 0.717) is 11.4 Å². The second kappa shape index (κ2) is 10.6. The standard InChI is InChI=1S/C35H27BrN2O5/c1-2-19-17-21(36)13-16-27(19)37-28(39)18-43-35(42)20-11-14-22(15-12-20)38-33(40)31-29-23-7-3-4-8-24(23)30(32(31)34(38)41)26-10-6-5-9-25(26)29/h3-17,29-32H,2,18H2,1H3,(H,37,39)/t29?,30?,31-,32-/m0/s1. The molecule has 0 unspecified atom stereocenters. The number of nitrogens with zero attached hydrogens (tertiary/aromatic N) is 1. The molecule has 2 atom stereocenters. The summed E-state index contributed by atoms with van der Waals surface area (Å²) in [7, 11) is 0. The zero-order chi connectivity index (χ0) is 29.8. The molecule has 1 aliphatic heterocycles. The van der Waals surface area contributed by atoms with Gasteiger partial charge in [0.05, 0.1) is 23.1 Å². The Hall–Kier alpha value is -4.56. The molecule has 8 heteroatoms. The van der Waals surface area contributed by atoms with Gasteiger partial charge in [-0.2, -0.15) is 0 Å². The molecule has 2 bridgehead atoms. The highest BCUT2D eigenvalue weighted by atomic mass is 79.9. The molecule has 1 heterocycles. The lowest BCUT2D eigenvalue weighted by Crippen LogP contribution is -2.41. The Morgan fingerprint density at radius 2 is 1.33 bits per heavy atom. The molecule has 3 amide bonds. The third kappa shape index (κ3) is 4.39. The molecule has 43 heavy (non-hydrogen) atoms. The van der Waals surface area contributed by atoms with Crippen LogP contribution in [-0.2, 0) is 25.5 Å². The summed E-state index contributed by atoms with van der Waals surface area (Å²) in [5, 5.41) is 2.78. The van der Waals surface area contributed by atoms with E-state index in [-0.39, 0.29) is 29.2 Å². The van der Waals surface area contributed by atoms with Crippen LogP contribution in [0.4, 0.5) is 11.4 Å². The molecule has 4 aliphatic rings. The molecule has 4 aromatic carbocycles. The minimum absolute atomic E-state index is 0.185. The second-order valence-electron chi connectivity index (χ2n) is 11.1. The summed E-state index contributed by atoms with van der Waals surface area (Å²) in [6.07, 6.45) is 0.728. The van der Waals surface area contributed by atoms with E-state index < -0.39 is 30.3 Å². The van der Waals surface area contributed by atoms with Crippen LogP contribution in [0.1, 0.15) is 56.9 Å². The number of anilines is 2. The van der Waals surface area contributed by atoms with Crippen molar-refractivity contribution in [2.45, 2.75) is 25.2 Å². The number of rotatable bonds is 6. The van der Waals surface area contributed by atoms with Crippen molar-refractivity contribution in [1.82, 2.24) is 0 Å². The van der Waals surface area contributed by atoms with Gasteiger partial charge in [-0.05, 0) is 76.7 Å². The molecule has 1 N–H and O–H groups in total. The van der Waals surface area contributed by atoms with Crippen molar-refractivity contribution in [2.75, 3.05) is 16.8 Å². The van der Waals surface area contributed by atoms with E-state index in [2.05, 4.69) is 45.5 Å². The average molecular weight is 636 g/mol. The minimum Gasteiger partial charge on any atom is -0.452 e. The number of ether oxygens (including phenoxy) is 1. The molecule has 214 valence electrons. The number of halogens is 1. The summed E-state index contributed by atoms with van der Waals surface area (Å²) >= 11 is 3.43. The van der Waals surface area contributed by atoms with Crippen LogP contribution in [-0.4, -0.2) is 30.3 Å². The number of carbonyl (C=O) groups excluding carboxylic acids is 4. The lowest BCUT2D eigenvalue weighted by atomic mass is 9.55. The van der Waals surface area contributed by atoms with Gasteiger partial charge in [-0.1, -0.05) is 71.4 Å². The number of hydrogen-bond donors (Lipinski definition) is 1. The molecule has 3 aliphatic carbocycles. The lowest BCUT2D eigenvalue weighted by molar-refractivity contribution is -0.122. The van der Waals surface area contributed by atoms with Crippen molar-refractivity contribution in [2.24, 2.45) is 11.8 Å². The predicted octanol–water partition coefficient (Wildman–Crippen LogP) is 6.20. The zero-order valence-corrected chi connectivity index (χ0v) is 24.8. The lowest BCUT2D eigenvalue weighted by Gasteiger charge is -2.45. The number of esters is 1. The highest BCUT2D eigenvalue weighted by Gasteiger charge is 2.61. The van der Waals surface area contributed by atoms with Crippen molar-refractivity contribution >= 4 is 51.0 Å². The number of carbonyl (C=O) groups is 4. The first-order valence-electron chi connectivity index (χ1n) is 14.3. The van der Waals surface area contributed by atoms with E-state index in [9.17, 15) is 19.2 Å². The van der Waals surface area contributed by atoms with Crippen LogP contribution in [0.2, 0.25) is 0 Å². The Morgan fingerprint density at radius 3 is 1.84 bits per heavy atom. The second-order valence-corrected chi connectivity index (χ2v) is 12.0. The third-order valence-electron chi connectivity index (χ3n) is 8.87. The number of aryl methyl sites for hydroxylation is 1. The maximum absolute atomic E-state index is 13.9. The molecule has 4 aromatic rings. The summed E-state index contributed by atoms with van der Waals surface area (Å²) in [6, 6.07) is 28.0. The van der Waals surface area contributed by atoms with E-state index in [1.165, 1.54) is 17.0 Å². The van der Waals surface area contributed by atoms with Gasteiger partial charge in [0.25, 0.3) is 5.91 Å². The summed E-state index contributed by atoms with van der Waals surface area (Å²) in [4.78, 5) is 54.3. The topological polar surface area (TPSA) is 92.8 Å². The number of hydrogen-bond acceptors (Lipinski definition) is 5. The summed E-state index contributed by atoms with van der Waals surface area (Å²) in [5.74, 6) is -2.90. The van der Waals surface area contributed by atoms with Gasteiger partial charge in [0, 0.05) is 22.0 Å². The van der Waals surface area contributed by atoms with Crippen LogP contribution < -0.4 is 10.2 Å². The Bertz CT molecular complexity index is 1700. The molecule has 0 radical (unpaired) electrons. The third-order valence-corrected chi connectivity index (χ3v) is 9.36. The van der Waals surface area contributed by atoms with Crippen LogP contribution in [0.3, 0.4) is 0 Å². The molecule has 0 spiro atoms. The van der Waals surface area contributed by atoms with Gasteiger partial charge >= 0.3 is 5.97 Å². The fraction of sp³-hybridized carbons (Fsp3) is 0.200. The number of amides is 3. The summed E-state index contributed by atoms with van der Waals surface area (Å²) < 4.78 is 6.16. The average Bonchev–Trinajstić information content (AvgIpc) is 3.30. The van der Waals surface area contributed by atoms with E-state index in [0.717, 1.165) is 38.7 Å². The van der Waals surface area contributed by atoms with Crippen molar-refractivity contribution in [1.29, 1.82) is 0 Å². The first-order valence-corrected chi connectivity index (χ1v) is 15.1. The van der Waals surface area contributed by atoms with Gasteiger partial charge in [-0.15, -0.1) is 0 Å². The first kappa shape index (κ1) is 27.3. The fourth-order valence-electron chi connectivity index (χ4n) is 7.06. The van der Waals surface area contributed by atoms with E-state index >= 15 is 0 Å². The molecule has 0 saturated carbocycles. The van der Waals surface area contributed by atoms with Crippen molar-refractivity contribution < 1.29 is 23.9 Å². The Morgan fingerprint density at radius 1 is 0.791 bits per heavy atom. The maximum atomic E-state index is 13.9. The fourth-order valence-corrected chi connectivity index (χ4v) is 7.46. The Kier molecular flexibility index (Phi) is 6.73. The highest BCUT2D eigenvalue weighted by molar-refractivity contribution is 9.10. The number of nitrogens with one attached hydrogen (secondary N) is 1. The van der Waals surface area contributed by atoms with Gasteiger partial charge in [0.15, 0.2) is 6.61 Å². The molecule has 7 nitrogen and oxygen atoms in total. The predicted molar refractivity (Wildman–Crippen MR) is 165 cm³/mol. The smallest absolute Gasteiger partial charge is 0.338 e. The quantitative estimate of drug-likeness (QED) is 0.201. The van der Waals surface area contributed by atoms with Crippen molar-refractivity contribution in [3.05, 3.63) is 129 Å². The van der Waals surface area contributed by atoms with Gasteiger partial charge in [0.2, 0.25) is 11.8 Å². The van der Waals surface area contributed by atoms with Gasteiger partial charge in [0.1, 0.15) is 0 Å². The van der Waals surface area contributed by atoms with Crippen molar-refractivity contribution in [3.63, 3.8) is 0 Å². The van der Waals surface area contributed by atoms with Crippen LogP contribution in [0.15, 0.2) is 95.5 Å². The maximum Gasteiger partial charge on any atom is 0.338 e. The van der Waals surface area contributed by atoms with E-state index in [4.69, 9.17) is 4.74 Å². The summed E-state index contributed by atoms with van der Waals surface area (Å²) in [6.45, 7) is 1.54. The number of imide groups is 1. The van der Waals surface area contributed by atoms with E-state index in [1.807, 2.05) is 43.3 Å². The van der Waals surface area contributed by atoms with Crippen LogP contribution in [0.25, 0.3) is 0 Å². The van der Waals surface area contributed by atoms with Crippen LogP contribution >= 0.6 is 15.9 Å². The SMILES string of the molecule is CCc1cc(Br)ccc1NC(=O)COC(=O)c1ccc(N2C(=O)[C@H]3C4c5ccccc5C(c5ccccc54)[C@@H]3C2=O)cc1. The van der Waals surface area contributed by atoms with Gasteiger partial charge < -0.3 is 10.1 Å². The minimum atomic E-state index is -0.676. The van der Waals surface area contributed by atoms with Crippen molar-refractivity contribution in [3.8, 4) is 0 Å². The van der Waals surface area contributed by atoms with Gasteiger partial charge in [-0.3, -0.25) is 14.4 Å². The molecule has 8 rings (SSSR count). The summed E-state index contributed by atoms with van der Waals surface area (Å²) in [5.41, 5.74) is 6.70. The Balaban J connectivity index is 1.08. The normalized spacial score (nSPS) is 21.2. The monoisotopic (exact) mass is 634 g/mol. The zero-order valence-electron chi connectivity index (χ0n) is 23.3. The van der Waals surface area contributed by atoms with Gasteiger partial charge in [-0.25, -0.2) is 9.69 Å².